The van der Waals surface area contributed by atoms with Gasteiger partial charge in [0, 0.05) is 11.8 Å². The van der Waals surface area contributed by atoms with Crippen molar-refractivity contribution in [2.24, 2.45) is 0 Å². The molecule has 2 rings (SSSR count). The maximum Gasteiger partial charge on any atom is 0.416 e. The molecule has 0 bridgehead atoms. The molecule has 0 fully saturated rings. The minimum absolute atomic E-state index is 0.216. The summed E-state index contributed by atoms with van der Waals surface area (Å²) in [6.07, 6.45) is -5.39. The fourth-order valence-electron chi connectivity index (χ4n) is 2.17. The quantitative estimate of drug-likeness (QED) is 0.810. The van der Waals surface area contributed by atoms with Gasteiger partial charge in [-0.1, -0.05) is 0 Å². The van der Waals surface area contributed by atoms with Gasteiger partial charge in [0.2, 0.25) is 0 Å². The molecule has 0 spiro atoms. The van der Waals surface area contributed by atoms with Crippen LogP contribution in [0.25, 0.3) is 0 Å². The number of nitrogens with zero attached hydrogens (tertiary/aromatic N) is 1. The van der Waals surface area contributed by atoms with Crippen LogP contribution < -0.4 is 14.8 Å². The van der Waals surface area contributed by atoms with E-state index in [0.29, 0.717) is 17.9 Å². The third-order valence-corrected chi connectivity index (χ3v) is 3.53. The summed E-state index contributed by atoms with van der Waals surface area (Å²) in [5.74, 6) is 0.0678. The van der Waals surface area contributed by atoms with Crippen LogP contribution in [0.1, 0.15) is 25.0 Å². The predicted molar refractivity (Wildman–Crippen MR) is 92.5 cm³/mol. The number of benzene rings is 2. The lowest BCUT2D eigenvalue weighted by atomic mass is 10.2. The molecule has 0 aliphatic carbocycles. The number of halogens is 3. The fourth-order valence-corrected chi connectivity index (χ4v) is 2.17. The molecule has 1 N–H and O–H groups in total. The van der Waals surface area contributed by atoms with E-state index in [0.717, 1.165) is 12.1 Å². The van der Waals surface area contributed by atoms with Crippen LogP contribution in [0.3, 0.4) is 0 Å². The Kier molecular flexibility index (Phi) is 6.29. The number of amides is 1. The Morgan fingerprint density at radius 2 is 1.85 bits per heavy atom. The number of nitrogens with one attached hydrogen (secondary N) is 1. The minimum atomic E-state index is -4.44. The van der Waals surface area contributed by atoms with Crippen LogP contribution in [0.4, 0.5) is 18.9 Å². The molecular weight excluding hydrogens is 361 g/mol. The van der Waals surface area contributed by atoms with Crippen LogP contribution >= 0.6 is 0 Å². The van der Waals surface area contributed by atoms with Gasteiger partial charge in [0.05, 0.1) is 23.8 Å². The van der Waals surface area contributed by atoms with Gasteiger partial charge in [0.25, 0.3) is 5.91 Å². The lowest BCUT2D eigenvalue weighted by molar-refractivity contribution is -0.137. The summed E-state index contributed by atoms with van der Waals surface area (Å²) in [5, 5.41) is 11.4. The second kappa shape index (κ2) is 8.45. The van der Waals surface area contributed by atoms with Crippen molar-refractivity contribution < 1.29 is 27.4 Å². The minimum Gasteiger partial charge on any atom is -0.490 e. The van der Waals surface area contributed by atoms with E-state index >= 15 is 0 Å². The van der Waals surface area contributed by atoms with Crippen molar-refractivity contribution in [2.75, 3.05) is 11.9 Å². The first-order valence-electron chi connectivity index (χ1n) is 8.06. The highest BCUT2D eigenvalue weighted by Gasteiger charge is 2.30. The van der Waals surface area contributed by atoms with Gasteiger partial charge in [-0.3, -0.25) is 4.79 Å². The molecule has 0 aromatic heterocycles. The molecule has 2 aromatic carbocycles. The van der Waals surface area contributed by atoms with Crippen molar-refractivity contribution in [1.29, 1.82) is 5.26 Å². The zero-order chi connectivity index (χ0) is 20.0. The van der Waals surface area contributed by atoms with Crippen LogP contribution in [0.2, 0.25) is 0 Å². The first kappa shape index (κ1) is 20.1. The van der Waals surface area contributed by atoms with E-state index in [4.69, 9.17) is 14.7 Å². The number of rotatable bonds is 6. The third-order valence-electron chi connectivity index (χ3n) is 3.53. The molecule has 8 heteroatoms. The molecule has 0 radical (unpaired) electrons. The zero-order valence-electron chi connectivity index (χ0n) is 14.6. The number of alkyl halides is 3. The first-order chi connectivity index (χ1) is 12.7. The van der Waals surface area contributed by atoms with E-state index in [2.05, 4.69) is 5.32 Å². The van der Waals surface area contributed by atoms with Crippen LogP contribution in [-0.4, -0.2) is 18.6 Å². The fraction of sp³-hybridized carbons (Fsp3) is 0.263. The molecule has 0 aliphatic heterocycles. The van der Waals surface area contributed by atoms with Gasteiger partial charge < -0.3 is 14.8 Å². The van der Waals surface area contributed by atoms with E-state index < -0.39 is 23.8 Å². The maximum atomic E-state index is 12.6. The lowest BCUT2D eigenvalue weighted by Crippen LogP contribution is -2.30. The molecule has 142 valence electrons. The maximum absolute atomic E-state index is 12.6. The number of anilines is 1. The summed E-state index contributed by atoms with van der Waals surface area (Å²) in [6.45, 7) is 3.61. The van der Waals surface area contributed by atoms with E-state index in [-0.39, 0.29) is 11.4 Å². The largest absolute Gasteiger partial charge is 0.490 e. The molecular formula is C19H17F3N2O3. The molecule has 0 aliphatic rings. The highest BCUT2D eigenvalue weighted by Crippen LogP contribution is 2.31. The molecule has 2 aromatic rings. The first-order valence-corrected chi connectivity index (χ1v) is 8.06. The number of ether oxygens (including phenoxy) is 2. The van der Waals surface area contributed by atoms with E-state index in [9.17, 15) is 18.0 Å². The topological polar surface area (TPSA) is 71.3 Å². The van der Waals surface area contributed by atoms with E-state index in [1.807, 2.05) is 6.07 Å². The van der Waals surface area contributed by atoms with Crippen molar-refractivity contribution in [2.45, 2.75) is 26.1 Å². The Labute approximate surface area is 154 Å². The molecule has 0 saturated heterocycles. The number of carbonyl (C=O) groups is 1. The molecule has 1 atom stereocenters. The Balaban J connectivity index is 2.07. The Morgan fingerprint density at radius 3 is 2.41 bits per heavy atom. The van der Waals surface area contributed by atoms with Gasteiger partial charge in [-0.15, -0.1) is 0 Å². The SMILES string of the molecule is CCOc1cc(C#N)ccc1O[C@@H](C)C(=O)Nc1ccc(C(F)(F)F)cc1. The lowest BCUT2D eigenvalue weighted by Gasteiger charge is -2.17. The Bertz CT molecular complexity index is 843. The van der Waals surface area contributed by atoms with Crippen LogP contribution in [0, 0.1) is 11.3 Å². The molecule has 5 nitrogen and oxygen atoms in total. The van der Waals surface area contributed by atoms with Gasteiger partial charge in [0.1, 0.15) is 0 Å². The predicted octanol–water partition coefficient (Wildman–Crippen LogP) is 4.38. The van der Waals surface area contributed by atoms with Gasteiger partial charge in [0.15, 0.2) is 17.6 Å². The van der Waals surface area contributed by atoms with Crippen molar-refractivity contribution in [3.63, 3.8) is 0 Å². The van der Waals surface area contributed by atoms with E-state index in [1.54, 1.807) is 6.92 Å². The number of nitriles is 1. The van der Waals surface area contributed by atoms with E-state index in [1.165, 1.54) is 37.3 Å². The van der Waals surface area contributed by atoms with Crippen molar-refractivity contribution in [1.82, 2.24) is 0 Å². The normalized spacial score (nSPS) is 12.0. The van der Waals surface area contributed by atoms with Gasteiger partial charge in [-0.25, -0.2) is 0 Å². The standard InChI is InChI=1S/C19H17F3N2O3/c1-3-26-17-10-13(11-23)4-9-16(17)27-12(2)18(25)24-15-7-5-14(6-8-15)19(20,21)22/h4-10,12H,3H2,1-2H3,(H,24,25)/t12-/m0/s1. The van der Waals surface area contributed by atoms with Crippen LogP contribution in [0.5, 0.6) is 11.5 Å². The summed E-state index contributed by atoms with van der Waals surface area (Å²) in [6, 6.07) is 10.6. The van der Waals surface area contributed by atoms with Crippen molar-refractivity contribution >= 4 is 11.6 Å². The molecule has 0 saturated carbocycles. The number of hydrogen-bond acceptors (Lipinski definition) is 4. The zero-order valence-corrected chi connectivity index (χ0v) is 14.6. The van der Waals surface area contributed by atoms with Gasteiger partial charge in [-0.05, 0) is 50.2 Å². The van der Waals surface area contributed by atoms with Crippen molar-refractivity contribution in [3.8, 4) is 17.6 Å². The van der Waals surface area contributed by atoms with Gasteiger partial charge >= 0.3 is 6.18 Å². The second-order valence-corrected chi connectivity index (χ2v) is 5.53. The van der Waals surface area contributed by atoms with Crippen molar-refractivity contribution in [3.05, 3.63) is 53.6 Å². The Morgan fingerprint density at radius 1 is 1.19 bits per heavy atom. The summed E-state index contributed by atoms with van der Waals surface area (Å²) in [5.41, 5.74) is -0.204. The monoisotopic (exact) mass is 378 g/mol. The summed E-state index contributed by atoms with van der Waals surface area (Å²) in [4.78, 5) is 12.2. The molecule has 0 heterocycles. The average Bonchev–Trinajstić information content (AvgIpc) is 2.63. The Hall–Kier alpha value is -3.21. The molecule has 0 unspecified atom stereocenters. The summed E-state index contributed by atoms with van der Waals surface area (Å²) >= 11 is 0. The number of hydrogen-bond donors (Lipinski definition) is 1. The second-order valence-electron chi connectivity index (χ2n) is 5.53. The average molecular weight is 378 g/mol. The third kappa shape index (κ3) is 5.38. The number of carbonyl (C=O) groups excluding carboxylic acids is 1. The molecule has 27 heavy (non-hydrogen) atoms. The molecule has 1 amide bonds. The smallest absolute Gasteiger partial charge is 0.416 e. The van der Waals surface area contributed by atoms with Gasteiger partial charge in [-0.2, -0.15) is 18.4 Å². The highest BCUT2D eigenvalue weighted by molar-refractivity contribution is 5.94. The summed E-state index contributed by atoms with van der Waals surface area (Å²) < 4.78 is 48.7. The summed E-state index contributed by atoms with van der Waals surface area (Å²) in [7, 11) is 0. The van der Waals surface area contributed by atoms with Crippen LogP contribution in [0.15, 0.2) is 42.5 Å². The van der Waals surface area contributed by atoms with Crippen LogP contribution in [-0.2, 0) is 11.0 Å². The highest BCUT2D eigenvalue weighted by atomic mass is 19.4.